The zero-order valence-corrected chi connectivity index (χ0v) is 15.3. The van der Waals surface area contributed by atoms with Gasteiger partial charge in [0, 0.05) is 10.6 Å². The Hall–Kier alpha value is -2.59. The number of rotatable bonds is 4. The highest BCUT2D eigenvalue weighted by Crippen LogP contribution is 2.23. The molecule has 128 valence electrons. The summed E-state index contributed by atoms with van der Waals surface area (Å²) in [6.07, 6.45) is 0. The molecule has 0 aliphatic rings. The number of hydrogen-bond donors (Lipinski definition) is 1. The van der Waals surface area contributed by atoms with Crippen LogP contribution < -0.4 is 5.32 Å². The SMILES string of the molecule is Cc1ccc(C(=O)Nc2c(C)nn(Cc3ccccc3Cl)c2C)cc1. The van der Waals surface area contributed by atoms with Crippen LogP contribution in [0.3, 0.4) is 0 Å². The fourth-order valence-electron chi connectivity index (χ4n) is 2.71. The standard InChI is InChI=1S/C20H20ClN3O/c1-13-8-10-16(11-9-13)20(25)22-19-14(2)23-24(15(19)3)12-17-6-4-5-7-18(17)21/h4-11H,12H2,1-3H3,(H,22,25). The first-order chi connectivity index (χ1) is 12.0. The van der Waals surface area contributed by atoms with E-state index in [4.69, 9.17) is 11.6 Å². The molecule has 0 aliphatic carbocycles. The number of carbonyl (C=O) groups is 1. The van der Waals surface area contributed by atoms with E-state index in [2.05, 4.69) is 10.4 Å². The molecule has 0 atom stereocenters. The van der Waals surface area contributed by atoms with Crippen molar-refractivity contribution in [2.24, 2.45) is 0 Å². The van der Waals surface area contributed by atoms with Crippen molar-refractivity contribution in [3.05, 3.63) is 81.6 Å². The number of amides is 1. The number of nitrogens with zero attached hydrogens (tertiary/aromatic N) is 2. The van der Waals surface area contributed by atoms with E-state index in [0.717, 1.165) is 28.2 Å². The molecule has 1 heterocycles. The molecule has 0 saturated carbocycles. The number of halogens is 1. The predicted molar refractivity (Wildman–Crippen MR) is 101 cm³/mol. The topological polar surface area (TPSA) is 46.9 Å². The van der Waals surface area contributed by atoms with Gasteiger partial charge in [0.05, 0.1) is 23.6 Å². The summed E-state index contributed by atoms with van der Waals surface area (Å²) in [6, 6.07) is 15.2. The maximum absolute atomic E-state index is 12.5. The molecule has 0 bridgehead atoms. The van der Waals surface area contributed by atoms with Crippen molar-refractivity contribution < 1.29 is 4.79 Å². The summed E-state index contributed by atoms with van der Waals surface area (Å²) >= 11 is 6.24. The van der Waals surface area contributed by atoms with Gasteiger partial charge in [0.1, 0.15) is 0 Å². The average molecular weight is 354 g/mol. The van der Waals surface area contributed by atoms with Crippen LogP contribution in [-0.2, 0) is 6.54 Å². The van der Waals surface area contributed by atoms with E-state index in [1.807, 2.05) is 74.0 Å². The summed E-state index contributed by atoms with van der Waals surface area (Å²) < 4.78 is 1.86. The Morgan fingerprint density at radius 2 is 1.76 bits per heavy atom. The lowest BCUT2D eigenvalue weighted by Crippen LogP contribution is -2.13. The maximum atomic E-state index is 12.5. The number of benzene rings is 2. The zero-order valence-electron chi connectivity index (χ0n) is 14.5. The second-order valence-electron chi connectivity index (χ2n) is 6.12. The second kappa shape index (κ2) is 7.11. The minimum atomic E-state index is -0.136. The lowest BCUT2D eigenvalue weighted by molar-refractivity contribution is 0.102. The Morgan fingerprint density at radius 1 is 1.08 bits per heavy atom. The van der Waals surface area contributed by atoms with Crippen molar-refractivity contribution >= 4 is 23.2 Å². The number of nitrogens with one attached hydrogen (secondary N) is 1. The summed E-state index contributed by atoms with van der Waals surface area (Å²) in [5.41, 5.74) is 5.17. The third-order valence-electron chi connectivity index (χ3n) is 4.21. The van der Waals surface area contributed by atoms with E-state index >= 15 is 0 Å². The molecule has 3 rings (SSSR count). The highest BCUT2D eigenvalue weighted by atomic mass is 35.5. The van der Waals surface area contributed by atoms with E-state index in [0.29, 0.717) is 17.1 Å². The summed E-state index contributed by atoms with van der Waals surface area (Å²) in [7, 11) is 0. The first kappa shape index (κ1) is 17.2. The fraction of sp³-hybridized carbons (Fsp3) is 0.200. The normalized spacial score (nSPS) is 10.7. The molecular weight excluding hydrogens is 334 g/mol. The lowest BCUT2D eigenvalue weighted by atomic mass is 10.1. The van der Waals surface area contributed by atoms with Crippen molar-refractivity contribution in [2.75, 3.05) is 5.32 Å². The highest BCUT2D eigenvalue weighted by molar-refractivity contribution is 6.31. The summed E-state index contributed by atoms with van der Waals surface area (Å²) in [5.74, 6) is -0.136. The quantitative estimate of drug-likeness (QED) is 0.734. The van der Waals surface area contributed by atoms with Crippen LogP contribution in [0.1, 0.15) is 32.9 Å². The van der Waals surface area contributed by atoms with Crippen LogP contribution in [0.15, 0.2) is 48.5 Å². The van der Waals surface area contributed by atoms with E-state index in [-0.39, 0.29) is 5.91 Å². The van der Waals surface area contributed by atoms with Gasteiger partial charge in [-0.25, -0.2) is 0 Å². The van der Waals surface area contributed by atoms with E-state index in [1.54, 1.807) is 0 Å². The van der Waals surface area contributed by atoms with Crippen molar-refractivity contribution in [2.45, 2.75) is 27.3 Å². The highest BCUT2D eigenvalue weighted by Gasteiger charge is 2.16. The molecule has 0 aliphatic heterocycles. The maximum Gasteiger partial charge on any atom is 0.255 e. The number of anilines is 1. The summed E-state index contributed by atoms with van der Waals surface area (Å²) in [6.45, 7) is 6.39. The van der Waals surface area contributed by atoms with Gasteiger partial charge >= 0.3 is 0 Å². The molecule has 25 heavy (non-hydrogen) atoms. The van der Waals surface area contributed by atoms with Gasteiger partial charge in [0.25, 0.3) is 5.91 Å². The molecule has 1 aromatic heterocycles. The fourth-order valence-corrected chi connectivity index (χ4v) is 2.91. The molecule has 1 N–H and O–H groups in total. The smallest absolute Gasteiger partial charge is 0.255 e. The van der Waals surface area contributed by atoms with Crippen LogP contribution in [-0.4, -0.2) is 15.7 Å². The van der Waals surface area contributed by atoms with Crippen molar-refractivity contribution in [1.82, 2.24) is 9.78 Å². The molecule has 4 nitrogen and oxygen atoms in total. The monoisotopic (exact) mass is 353 g/mol. The van der Waals surface area contributed by atoms with Crippen molar-refractivity contribution in [3.63, 3.8) is 0 Å². The van der Waals surface area contributed by atoms with Gasteiger partial charge in [-0.15, -0.1) is 0 Å². The molecule has 1 amide bonds. The third-order valence-corrected chi connectivity index (χ3v) is 4.58. The number of aryl methyl sites for hydroxylation is 2. The van der Waals surface area contributed by atoms with Crippen molar-refractivity contribution in [3.8, 4) is 0 Å². The largest absolute Gasteiger partial charge is 0.319 e. The van der Waals surface area contributed by atoms with Crippen LogP contribution in [0.25, 0.3) is 0 Å². The van der Waals surface area contributed by atoms with Gasteiger partial charge in [-0.3, -0.25) is 9.48 Å². The first-order valence-electron chi connectivity index (χ1n) is 8.11. The summed E-state index contributed by atoms with van der Waals surface area (Å²) in [4.78, 5) is 12.5. The van der Waals surface area contributed by atoms with Gasteiger partial charge in [-0.2, -0.15) is 5.10 Å². The Morgan fingerprint density at radius 3 is 2.44 bits per heavy atom. The van der Waals surface area contributed by atoms with E-state index in [1.165, 1.54) is 0 Å². The van der Waals surface area contributed by atoms with E-state index < -0.39 is 0 Å². The van der Waals surface area contributed by atoms with Crippen molar-refractivity contribution in [1.29, 1.82) is 0 Å². The molecule has 2 aromatic carbocycles. The predicted octanol–water partition coefficient (Wildman–Crippen LogP) is 4.76. The van der Waals surface area contributed by atoms with Gasteiger partial charge < -0.3 is 5.32 Å². The Labute approximate surface area is 152 Å². The average Bonchev–Trinajstić information content (AvgIpc) is 2.85. The van der Waals surface area contributed by atoms with Crippen LogP contribution in [0.2, 0.25) is 5.02 Å². The molecule has 0 spiro atoms. The van der Waals surface area contributed by atoms with E-state index in [9.17, 15) is 4.79 Å². The first-order valence-corrected chi connectivity index (χ1v) is 8.49. The molecule has 0 fully saturated rings. The van der Waals surface area contributed by atoms with Crippen LogP contribution >= 0.6 is 11.6 Å². The van der Waals surface area contributed by atoms with Gasteiger partial charge in [-0.1, -0.05) is 47.5 Å². The second-order valence-corrected chi connectivity index (χ2v) is 6.52. The van der Waals surface area contributed by atoms with Crippen LogP contribution in [0.4, 0.5) is 5.69 Å². The van der Waals surface area contributed by atoms with Gasteiger partial charge in [0.15, 0.2) is 0 Å². The van der Waals surface area contributed by atoms with Gasteiger partial charge in [-0.05, 0) is 44.5 Å². The Balaban J connectivity index is 1.83. The van der Waals surface area contributed by atoms with Crippen LogP contribution in [0.5, 0.6) is 0 Å². The third kappa shape index (κ3) is 3.74. The minimum Gasteiger partial charge on any atom is -0.319 e. The molecule has 5 heteroatoms. The molecule has 0 radical (unpaired) electrons. The zero-order chi connectivity index (χ0) is 18.0. The Bertz CT molecular complexity index is 913. The number of aromatic nitrogens is 2. The summed E-state index contributed by atoms with van der Waals surface area (Å²) in [5, 5.41) is 8.24. The molecule has 3 aromatic rings. The van der Waals surface area contributed by atoms with Gasteiger partial charge in [0.2, 0.25) is 0 Å². The molecule has 0 saturated heterocycles. The minimum absolute atomic E-state index is 0.136. The lowest BCUT2D eigenvalue weighted by Gasteiger charge is -2.08. The molecular formula is C20H20ClN3O. The number of hydrogen-bond acceptors (Lipinski definition) is 2. The number of carbonyl (C=O) groups excluding carboxylic acids is 1. The van der Waals surface area contributed by atoms with Crippen LogP contribution in [0, 0.1) is 20.8 Å². The molecule has 0 unspecified atom stereocenters. The Kier molecular flexibility index (Phi) is 4.91.